The summed E-state index contributed by atoms with van der Waals surface area (Å²) in [6.07, 6.45) is 0.353. The fraction of sp³-hybridized carbons (Fsp3) is 0.333. The Morgan fingerprint density at radius 1 is 1.47 bits per heavy atom. The normalized spacial score (nSPS) is 10.4. The number of nitrogens with one attached hydrogen (secondary N) is 1. The number of amides is 1. The van der Waals surface area contributed by atoms with Crippen molar-refractivity contribution in [3.05, 3.63) is 23.4 Å². The molecule has 100 valence electrons. The quantitative estimate of drug-likeness (QED) is 0.843. The Bertz CT molecular complexity index is 555. The van der Waals surface area contributed by atoms with Crippen LogP contribution in [0.1, 0.15) is 36.7 Å². The van der Waals surface area contributed by atoms with E-state index in [4.69, 9.17) is 15.1 Å². The van der Waals surface area contributed by atoms with Crippen molar-refractivity contribution in [2.24, 2.45) is 0 Å². The summed E-state index contributed by atoms with van der Waals surface area (Å²) < 4.78 is 4.98. The van der Waals surface area contributed by atoms with Crippen LogP contribution in [0.2, 0.25) is 0 Å². The maximum absolute atomic E-state index is 11.5. The van der Waals surface area contributed by atoms with Gasteiger partial charge in [-0.25, -0.2) is 14.6 Å². The number of carbonyl (C=O) groups excluding carboxylic acids is 1. The van der Waals surface area contributed by atoms with E-state index in [9.17, 15) is 9.59 Å². The third-order valence-electron chi connectivity index (χ3n) is 1.87. The van der Waals surface area contributed by atoms with E-state index in [1.54, 1.807) is 26.8 Å². The number of carboxylic acid groups (broad SMARTS) is 1. The highest BCUT2D eigenvalue weighted by atomic mass is 16.6. The molecule has 1 aromatic heterocycles. The zero-order valence-electron chi connectivity index (χ0n) is 10.7. The molecule has 7 nitrogen and oxygen atoms in total. The number of carboxylic acids is 1. The minimum absolute atomic E-state index is 0.0899. The van der Waals surface area contributed by atoms with Crippen molar-refractivity contribution >= 4 is 17.9 Å². The summed E-state index contributed by atoms with van der Waals surface area (Å²) >= 11 is 0. The molecule has 0 spiro atoms. The van der Waals surface area contributed by atoms with Gasteiger partial charge in [0.05, 0.1) is 5.56 Å². The number of pyridine rings is 1. The molecule has 0 saturated carbocycles. The second-order valence-electron chi connectivity index (χ2n) is 4.66. The van der Waals surface area contributed by atoms with Crippen molar-refractivity contribution in [3.63, 3.8) is 0 Å². The van der Waals surface area contributed by atoms with Crippen molar-refractivity contribution in [1.29, 1.82) is 5.26 Å². The van der Waals surface area contributed by atoms with E-state index >= 15 is 0 Å². The highest BCUT2D eigenvalue weighted by Crippen LogP contribution is 2.16. The zero-order valence-corrected chi connectivity index (χ0v) is 10.7. The van der Waals surface area contributed by atoms with Gasteiger partial charge in [-0.1, -0.05) is 0 Å². The average molecular weight is 263 g/mol. The van der Waals surface area contributed by atoms with Gasteiger partial charge in [0.2, 0.25) is 0 Å². The fourth-order valence-electron chi connectivity index (χ4n) is 1.19. The Hall–Kier alpha value is -2.62. The first-order valence-electron chi connectivity index (χ1n) is 5.36. The molecule has 1 aromatic rings. The summed E-state index contributed by atoms with van der Waals surface area (Å²) in [5.41, 5.74) is -0.892. The molecule has 0 aliphatic carbocycles. The van der Waals surface area contributed by atoms with E-state index in [0.717, 1.165) is 6.07 Å². The minimum atomic E-state index is -1.30. The molecule has 0 atom stereocenters. The first-order chi connectivity index (χ1) is 8.73. The number of hydrogen-bond acceptors (Lipinski definition) is 5. The molecular formula is C12H13N3O4. The number of nitriles is 1. The molecule has 0 aromatic carbocycles. The Kier molecular flexibility index (Phi) is 4.07. The van der Waals surface area contributed by atoms with Gasteiger partial charge in [0, 0.05) is 6.20 Å². The standard InChI is InChI=1S/C12H13N3O4/c1-12(2,3)19-11(18)15-9-8(10(16)17)4-7(5-13)6-14-9/h4,6H,1-3H3,(H,16,17)(H,14,15,18). The molecule has 0 fully saturated rings. The van der Waals surface area contributed by atoms with Crippen LogP contribution in [0.15, 0.2) is 12.3 Å². The van der Waals surface area contributed by atoms with E-state index in [0.29, 0.717) is 0 Å². The predicted octanol–water partition coefficient (Wildman–Crippen LogP) is 2.00. The van der Waals surface area contributed by atoms with E-state index in [1.807, 2.05) is 0 Å². The smallest absolute Gasteiger partial charge is 0.413 e. The van der Waals surface area contributed by atoms with E-state index in [2.05, 4.69) is 10.3 Å². The third-order valence-corrected chi connectivity index (χ3v) is 1.87. The van der Waals surface area contributed by atoms with Crippen LogP contribution in [0.4, 0.5) is 10.6 Å². The number of rotatable bonds is 2. The largest absolute Gasteiger partial charge is 0.478 e. The van der Waals surface area contributed by atoms with Crippen LogP contribution in [0.25, 0.3) is 0 Å². The molecule has 0 radical (unpaired) electrons. The lowest BCUT2D eigenvalue weighted by Crippen LogP contribution is -2.28. The van der Waals surface area contributed by atoms with E-state index in [-0.39, 0.29) is 16.9 Å². The molecule has 7 heteroatoms. The van der Waals surface area contributed by atoms with Gasteiger partial charge >= 0.3 is 12.1 Å². The van der Waals surface area contributed by atoms with E-state index < -0.39 is 17.7 Å². The lowest BCUT2D eigenvalue weighted by atomic mass is 10.2. The zero-order chi connectivity index (χ0) is 14.6. The molecular weight excluding hydrogens is 250 g/mol. The highest BCUT2D eigenvalue weighted by Gasteiger charge is 2.20. The minimum Gasteiger partial charge on any atom is -0.478 e. The Morgan fingerprint density at radius 3 is 2.58 bits per heavy atom. The van der Waals surface area contributed by atoms with Gasteiger partial charge in [-0.2, -0.15) is 5.26 Å². The Morgan fingerprint density at radius 2 is 2.11 bits per heavy atom. The van der Waals surface area contributed by atoms with Crippen LogP contribution in [-0.4, -0.2) is 27.8 Å². The van der Waals surface area contributed by atoms with Gasteiger partial charge in [-0.3, -0.25) is 5.32 Å². The molecule has 0 aliphatic rings. The number of aromatic carboxylic acids is 1. The van der Waals surface area contributed by atoms with Crippen LogP contribution < -0.4 is 5.32 Å². The van der Waals surface area contributed by atoms with Gasteiger partial charge in [0.25, 0.3) is 0 Å². The monoisotopic (exact) mass is 263 g/mol. The molecule has 2 N–H and O–H groups in total. The van der Waals surface area contributed by atoms with Gasteiger partial charge in [0.1, 0.15) is 23.1 Å². The van der Waals surface area contributed by atoms with Crippen LogP contribution in [0, 0.1) is 11.3 Å². The maximum atomic E-state index is 11.5. The van der Waals surface area contributed by atoms with E-state index in [1.165, 1.54) is 6.20 Å². The number of carbonyl (C=O) groups is 2. The summed E-state index contributed by atoms with van der Waals surface area (Å²) in [7, 11) is 0. The summed E-state index contributed by atoms with van der Waals surface area (Å²) in [6, 6.07) is 2.90. The number of nitrogens with zero attached hydrogens (tertiary/aromatic N) is 2. The Labute approximate surface area is 109 Å². The summed E-state index contributed by atoms with van der Waals surface area (Å²) in [5, 5.41) is 19.9. The molecule has 1 amide bonds. The third kappa shape index (κ3) is 4.27. The van der Waals surface area contributed by atoms with Crippen molar-refractivity contribution in [2.75, 3.05) is 5.32 Å². The summed E-state index contributed by atoms with van der Waals surface area (Å²) in [5.74, 6) is -1.46. The van der Waals surface area contributed by atoms with Gasteiger partial charge in [-0.15, -0.1) is 0 Å². The van der Waals surface area contributed by atoms with Gasteiger partial charge in [0.15, 0.2) is 0 Å². The first-order valence-corrected chi connectivity index (χ1v) is 5.36. The lowest BCUT2D eigenvalue weighted by molar-refractivity contribution is 0.0635. The van der Waals surface area contributed by atoms with Crippen LogP contribution >= 0.6 is 0 Å². The topological polar surface area (TPSA) is 112 Å². The second-order valence-corrected chi connectivity index (χ2v) is 4.66. The fourth-order valence-corrected chi connectivity index (χ4v) is 1.19. The maximum Gasteiger partial charge on any atom is 0.413 e. The number of ether oxygens (including phenoxy) is 1. The van der Waals surface area contributed by atoms with Crippen molar-refractivity contribution < 1.29 is 19.4 Å². The number of anilines is 1. The average Bonchev–Trinajstić information content (AvgIpc) is 2.26. The molecule has 1 rings (SSSR count). The Balaban J connectivity index is 2.99. The predicted molar refractivity (Wildman–Crippen MR) is 65.8 cm³/mol. The van der Waals surface area contributed by atoms with Gasteiger partial charge in [-0.05, 0) is 26.8 Å². The lowest BCUT2D eigenvalue weighted by Gasteiger charge is -2.19. The highest BCUT2D eigenvalue weighted by molar-refractivity contribution is 5.97. The molecule has 0 aliphatic heterocycles. The molecule has 0 unspecified atom stereocenters. The van der Waals surface area contributed by atoms with Crippen molar-refractivity contribution in [1.82, 2.24) is 4.98 Å². The molecule has 1 heterocycles. The molecule has 0 saturated heterocycles. The first kappa shape index (κ1) is 14.4. The SMILES string of the molecule is CC(C)(C)OC(=O)Nc1ncc(C#N)cc1C(=O)O. The van der Waals surface area contributed by atoms with Crippen LogP contribution in [-0.2, 0) is 4.74 Å². The van der Waals surface area contributed by atoms with Crippen molar-refractivity contribution in [3.8, 4) is 6.07 Å². The van der Waals surface area contributed by atoms with Crippen LogP contribution in [0.3, 0.4) is 0 Å². The molecule has 19 heavy (non-hydrogen) atoms. The summed E-state index contributed by atoms with van der Waals surface area (Å²) in [6.45, 7) is 5.03. The number of aromatic nitrogens is 1. The van der Waals surface area contributed by atoms with Crippen molar-refractivity contribution in [2.45, 2.75) is 26.4 Å². The van der Waals surface area contributed by atoms with Gasteiger partial charge < -0.3 is 9.84 Å². The van der Waals surface area contributed by atoms with Crippen LogP contribution in [0.5, 0.6) is 0 Å². The number of hydrogen-bond donors (Lipinski definition) is 2. The summed E-state index contributed by atoms with van der Waals surface area (Å²) in [4.78, 5) is 26.3. The molecule has 0 bridgehead atoms. The second kappa shape index (κ2) is 5.35.